The Morgan fingerprint density at radius 2 is 1.81 bits per heavy atom. The average Bonchev–Trinajstić information content (AvgIpc) is 2.98. The van der Waals surface area contributed by atoms with Crippen molar-refractivity contribution in [3.05, 3.63) is 28.3 Å². The molecule has 150 valence electrons. The topological polar surface area (TPSA) is 117 Å². The molecule has 0 aliphatic carbocycles. The first-order chi connectivity index (χ1) is 12.8. The van der Waals surface area contributed by atoms with Crippen LogP contribution in [0.15, 0.2) is 23.1 Å². The summed E-state index contributed by atoms with van der Waals surface area (Å²) in [5, 5.41) is 14.7. The van der Waals surface area contributed by atoms with Crippen molar-refractivity contribution in [1.29, 1.82) is 0 Å². The van der Waals surface area contributed by atoms with Crippen LogP contribution in [0.3, 0.4) is 0 Å². The van der Waals surface area contributed by atoms with Crippen LogP contribution in [0.2, 0.25) is 0 Å². The van der Waals surface area contributed by atoms with Crippen LogP contribution in [0.5, 0.6) is 0 Å². The predicted octanol–water partition coefficient (Wildman–Crippen LogP) is 1.68. The molecule has 0 amide bonds. The van der Waals surface area contributed by atoms with Crippen LogP contribution in [0.25, 0.3) is 0 Å². The Morgan fingerprint density at radius 1 is 1.19 bits per heavy atom. The molecule has 10 heteroatoms. The minimum absolute atomic E-state index is 0.0208. The van der Waals surface area contributed by atoms with Crippen molar-refractivity contribution in [2.45, 2.75) is 50.1 Å². The number of nitrogens with zero attached hydrogens (tertiary/aromatic N) is 2. The molecule has 0 radical (unpaired) electrons. The fraction of sp³-hybridized carbons (Fsp3) is 0.647. The maximum absolute atomic E-state index is 12.8. The van der Waals surface area contributed by atoms with Gasteiger partial charge in [0.1, 0.15) is 5.69 Å². The van der Waals surface area contributed by atoms with E-state index in [9.17, 15) is 18.5 Å². The molecule has 9 nitrogen and oxygen atoms in total. The van der Waals surface area contributed by atoms with Gasteiger partial charge in [-0.25, -0.2) is 8.42 Å². The number of nitro groups is 1. The normalized spacial score (nSPS) is 26.8. The van der Waals surface area contributed by atoms with E-state index in [1.807, 2.05) is 13.8 Å². The molecule has 2 fully saturated rings. The summed E-state index contributed by atoms with van der Waals surface area (Å²) in [7, 11) is -3.70. The Balaban J connectivity index is 1.81. The van der Waals surface area contributed by atoms with Crippen LogP contribution in [0.4, 0.5) is 11.4 Å². The van der Waals surface area contributed by atoms with Gasteiger partial charge >= 0.3 is 0 Å². The Hall–Kier alpha value is -1.75. The molecule has 0 aromatic heterocycles. The molecule has 2 heterocycles. The fourth-order valence-corrected chi connectivity index (χ4v) is 5.26. The maximum Gasteiger partial charge on any atom is 0.293 e. The van der Waals surface area contributed by atoms with E-state index in [0.29, 0.717) is 25.3 Å². The van der Waals surface area contributed by atoms with E-state index >= 15 is 0 Å². The molecule has 3 N–H and O–H groups in total. The van der Waals surface area contributed by atoms with Gasteiger partial charge in [-0.15, -0.1) is 0 Å². The third-order valence-electron chi connectivity index (χ3n) is 5.47. The Morgan fingerprint density at radius 3 is 2.41 bits per heavy atom. The number of nitrogens with one attached hydrogen (secondary N) is 3. The quantitative estimate of drug-likeness (QED) is 0.494. The summed E-state index contributed by atoms with van der Waals surface area (Å²) < 4.78 is 27.0. The third kappa shape index (κ3) is 4.23. The highest BCUT2D eigenvalue weighted by Gasteiger charge is 2.31. The molecule has 1 aromatic carbocycles. The van der Waals surface area contributed by atoms with Gasteiger partial charge in [0.25, 0.3) is 5.69 Å². The molecule has 3 rings (SSSR count). The molecular weight excluding hydrogens is 370 g/mol. The van der Waals surface area contributed by atoms with E-state index in [2.05, 4.69) is 16.2 Å². The number of hydrogen-bond donors (Lipinski definition) is 3. The second kappa shape index (κ2) is 8.09. The fourth-order valence-electron chi connectivity index (χ4n) is 3.72. The van der Waals surface area contributed by atoms with Crippen molar-refractivity contribution in [3.63, 3.8) is 0 Å². The summed E-state index contributed by atoms with van der Waals surface area (Å²) in [6.07, 6.45) is 2.65. The van der Waals surface area contributed by atoms with Crippen molar-refractivity contribution in [3.8, 4) is 0 Å². The second-order valence-corrected chi connectivity index (χ2v) is 9.25. The van der Waals surface area contributed by atoms with Gasteiger partial charge in [-0.1, -0.05) is 6.42 Å². The van der Waals surface area contributed by atoms with Crippen molar-refractivity contribution in [1.82, 2.24) is 15.2 Å². The highest BCUT2D eigenvalue weighted by molar-refractivity contribution is 7.89. The van der Waals surface area contributed by atoms with Crippen LogP contribution < -0.4 is 16.2 Å². The van der Waals surface area contributed by atoms with Crippen molar-refractivity contribution in [2.24, 2.45) is 5.92 Å². The van der Waals surface area contributed by atoms with E-state index < -0.39 is 14.9 Å². The lowest BCUT2D eigenvalue weighted by molar-refractivity contribution is -0.384. The largest absolute Gasteiger partial charge is 0.379 e. The lowest BCUT2D eigenvalue weighted by atomic mass is 9.96. The summed E-state index contributed by atoms with van der Waals surface area (Å²) in [6, 6.07) is 4.58. The smallest absolute Gasteiger partial charge is 0.293 e. The minimum atomic E-state index is -3.70. The second-order valence-electron chi connectivity index (χ2n) is 7.31. The SMILES string of the molecule is CC1NNC(C)C1CNc1ccc(S(=O)(=O)N2CCCCC2)cc1[N+](=O)[O-]. The van der Waals surface area contributed by atoms with Crippen LogP contribution in [0.1, 0.15) is 33.1 Å². The van der Waals surface area contributed by atoms with Gasteiger partial charge in [-0.3, -0.25) is 21.0 Å². The Labute approximate surface area is 159 Å². The zero-order valence-corrected chi connectivity index (χ0v) is 16.5. The first-order valence-corrected chi connectivity index (χ1v) is 10.8. The van der Waals surface area contributed by atoms with E-state index in [1.165, 1.54) is 22.5 Å². The summed E-state index contributed by atoms with van der Waals surface area (Å²) in [6.45, 7) is 5.57. The minimum Gasteiger partial charge on any atom is -0.379 e. The number of rotatable bonds is 6. The van der Waals surface area contributed by atoms with Crippen LogP contribution >= 0.6 is 0 Å². The van der Waals surface area contributed by atoms with Gasteiger partial charge in [-0.05, 0) is 38.8 Å². The molecule has 2 aliphatic heterocycles. The molecule has 2 saturated heterocycles. The Bertz CT molecular complexity index is 785. The van der Waals surface area contributed by atoms with Gasteiger partial charge in [0.2, 0.25) is 10.0 Å². The van der Waals surface area contributed by atoms with Crippen LogP contribution in [0, 0.1) is 16.0 Å². The summed E-state index contributed by atoms with van der Waals surface area (Å²) in [5.74, 6) is 0.251. The number of hydrogen-bond acceptors (Lipinski definition) is 7. The number of sulfonamides is 1. The first-order valence-electron chi connectivity index (χ1n) is 9.34. The highest BCUT2D eigenvalue weighted by Crippen LogP contribution is 2.30. The molecule has 0 spiro atoms. The molecule has 1 aromatic rings. The van der Waals surface area contributed by atoms with Crippen molar-refractivity contribution < 1.29 is 13.3 Å². The number of anilines is 1. The van der Waals surface area contributed by atoms with Crippen molar-refractivity contribution in [2.75, 3.05) is 25.0 Å². The summed E-state index contributed by atoms with van der Waals surface area (Å²) in [4.78, 5) is 11.0. The van der Waals surface area contributed by atoms with Crippen molar-refractivity contribution >= 4 is 21.4 Å². The van der Waals surface area contributed by atoms with Crippen LogP contribution in [-0.2, 0) is 10.0 Å². The number of piperidine rings is 1. The van der Waals surface area contributed by atoms with E-state index in [1.54, 1.807) is 0 Å². The van der Waals surface area contributed by atoms with Gasteiger partial charge in [-0.2, -0.15) is 4.31 Å². The lowest BCUT2D eigenvalue weighted by Gasteiger charge is -2.26. The number of benzene rings is 1. The van der Waals surface area contributed by atoms with Gasteiger partial charge in [0.15, 0.2) is 0 Å². The molecular formula is C17H27N5O4S. The molecule has 2 aliphatic rings. The number of nitro benzene ring substituents is 1. The summed E-state index contributed by atoms with van der Waals surface area (Å²) >= 11 is 0. The zero-order valence-electron chi connectivity index (χ0n) is 15.6. The summed E-state index contributed by atoms with van der Waals surface area (Å²) in [5.41, 5.74) is 6.42. The molecule has 2 atom stereocenters. The molecule has 2 unspecified atom stereocenters. The Kier molecular flexibility index (Phi) is 5.99. The van der Waals surface area contributed by atoms with Crippen LogP contribution in [-0.4, -0.2) is 49.4 Å². The van der Waals surface area contributed by atoms with Gasteiger partial charge in [0, 0.05) is 43.7 Å². The molecule has 27 heavy (non-hydrogen) atoms. The number of hydrazine groups is 1. The highest BCUT2D eigenvalue weighted by atomic mass is 32.2. The monoisotopic (exact) mass is 397 g/mol. The zero-order chi connectivity index (χ0) is 19.6. The predicted molar refractivity (Wildman–Crippen MR) is 103 cm³/mol. The lowest BCUT2D eigenvalue weighted by Crippen LogP contribution is -2.35. The third-order valence-corrected chi connectivity index (χ3v) is 7.36. The van der Waals surface area contributed by atoms with Gasteiger partial charge in [0.05, 0.1) is 9.82 Å². The average molecular weight is 398 g/mol. The first kappa shape index (κ1) is 20.0. The standard InChI is InChI=1S/C17H27N5O4S/c1-12-15(13(2)20-19-12)11-18-16-7-6-14(10-17(16)22(23)24)27(25,26)21-8-4-3-5-9-21/h6-7,10,12-13,15,18-20H,3-5,8-9,11H2,1-2H3. The van der Waals surface area contributed by atoms with E-state index in [4.69, 9.17) is 0 Å². The van der Waals surface area contributed by atoms with Gasteiger partial charge < -0.3 is 5.32 Å². The maximum atomic E-state index is 12.8. The molecule has 0 saturated carbocycles. The van der Waals surface area contributed by atoms with E-state index in [0.717, 1.165) is 19.3 Å². The molecule has 0 bridgehead atoms. The van der Waals surface area contributed by atoms with E-state index in [-0.39, 0.29) is 28.6 Å².